The van der Waals surface area contributed by atoms with Gasteiger partial charge in [-0.3, -0.25) is 0 Å². The van der Waals surface area contributed by atoms with Crippen LogP contribution in [0.25, 0.3) is 0 Å². The van der Waals surface area contributed by atoms with E-state index in [4.69, 9.17) is 9.47 Å². The molecule has 4 heteroatoms. The summed E-state index contributed by atoms with van der Waals surface area (Å²) in [5, 5.41) is 3.60. The van der Waals surface area contributed by atoms with E-state index in [1.54, 1.807) is 0 Å². The van der Waals surface area contributed by atoms with Crippen molar-refractivity contribution in [1.29, 1.82) is 0 Å². The zero-order valence-corrected chi connectivity index (χ0v) is 10.8. The quantitative estimate of drug-likeness (QED) is 0.873. The van der Waals surface area contributed by atoms with E-state index >= 15 is 0 Å². The number of fused-ring (bicyclic) bond motifs is 1. The topological polar surface area (TPSA) is 33.7 Å². The number of nitrogens with zero attached hydrogens (tertiary/aromatic N) is 1. The lowest BCUT2D eigenvalue weighted by molar-refractivity contribution is 0.171. The molecular formula is C14H20N2O2. The van der Waals surface area contributed by atoms with Gasteiger partial charge < -0.3 is 19.7 Å². The fraction of sp³-hybridized carbons (Fsp3) is 0.571. The number of benzene rings is 1. The van der Waals surface area contributed by atoms with Gasteiger partial charge in [-0.2, -0.15) is 0 Å². The molecule has 0 bridgehead atoms. The van der Waals surface area contributed by atoms with Crippen molar-refractivity contribution in [2.45, 2.75) is 19.0 Å². The molecule has 0 amide bonds. The van der Waals surface area contributed by atoms with Crippen molar-refractivity contribution in [3.8, 4) is 11.5 Å². The fourth-order valence-corrected chi connectivity index (χ4v) is 2.56. The summed E-state index contributed by atoms with van der Waals surface area (Å²) < 4.78 is 11.1. The Morgan fingerprint density at radius 3 is 2.89 bits per heavy atom. The van der Waals surface area contributed by atoms with Crippen molar-refractivity contribution in [3.63, 3.8) is 0 Å². The van der Waals surface area contributed by atoms with Crippen LogP contribution in [0.2, 0.25) is 0 Å². The second-order valence-electron chi connectivity index (χ2n) is 5.11. The summed E-state index contributed by atoms with van der Waals surface area (Å²) in [5.41, 5.74) is 1.26. The lowest BCUT2D eigenvalue weighted by Gasteiger charge is -2.19. The summed E-state index contributed by atoms with van der Waals surface area (Å²) in [6, 6.07) is 6.81. The molecule has 0 aliphatic carbocycles. The van der Waals surface area contributed by atoms with E-state index in [0.29, 0.717) is 19.3 Å². The van der Waals surface area contributed by atoms with Gasteiger partial charge in [0.05, 0.1) is 0 Å². The first-order chi connectivity index (χ1) is 8.81. The van der Waals surface area contributed by atoms with Crippen LogP contribution in [0, 0.1) is 0 Å². The third kappa shape index (κ3) is 2.60. The molecule has 3 rings (SSSR count). The second-order valence-corrected chi connectivity index (χ2v) is 5.11. The zero-order valence-electron chi connectivity index (χ0n) is 10.8. The molecule has 0 spiro atoms. The van der Waals surface area contributed by atoms with Crippen LogP contribution < -0.4 is 14.8 Å². The molecule has 2 aliphatic heterocycles. The molecule has 0 aromatic heterocycles. The molecule has 1 atom stereocenters. The summed E-state index contributed by atoms with van der Waals surface area (Å²) in [6.07, 6.45) is 1.24. The number of likely N-dealkylation sites (N-methyl/N-ethyl adjacent to an activating group) is 1. The van der Waals surface area contributed by atoms with E-state index in [1.165, 1.54) is 18.5 Å². The molecule has 2 aliphatic rings. The predicted molar refractivity (Wildman–Crippen MR) is 70.2 cm³/mol. The molecule has 0 saturated carbocycles. The molecule has 0 radical (unpaired) electrons. The minimum Gasteiger partial charge on any atom is -0.486 e. The minimum atomic E-state index is 0.614. The van der Waals surface area contributed by atoms with Crippen molar-refractivity contribution in [2.24, 2.45) is 0 Å². The number of hydrogen-bond acceptors (Lipinski definition) is 4. The van der Waals surface area contributed by atoms with Crippen molar-refractivity contribution in [2.75, 3.05) is 33.4 Å². The maximum Gasteiger partial charge on any atom is 0.161 e. The van der Waals surface area contributed by atoms with Crippen molar-refractivity contribution >= 4 is 0 Å². The monoisotopic (exact) mass is 248 g/mol. The van der Waals surface area contributed by atoms with Crippen molar-refractivity contribution in [1.82, 2.24) is 10.2 Å². The van der Waals surface area contributed by atoms with Crippen LogP contribution in [0.3, 0.4) is 0 Å². The smallest absolute Gasteiger partial charge is 0.161 e. The van der Waals surface area contributed by atoms with E-state index in [0.717, 1.165) is 24.6 Å². The van der Waals surface area contributed by atoms with Gasteiger partial charge in [0.1, 0.15) is 13.2 Å². The largest absolute Gasteiger partial charge is 0.486 e. The molecule has 1 aromatic rings. The lowest BCUT2D eigenvalue weighted by Crippen LogP contribution is -2.31. The number of ether oxygens (including phenoxy) is 2. The molecule has 18 heavy (non-hydrogen) atoms. The highest BCUT2D eigenvalue weighted by molar-refractivity contribution is 5.43. The number of rotatable bonds is 3. The van der Waals surface area contributed by atoms with E-state index in [-0.39, 0.29) is 0 Å². The maximum absolute atomic E-state index is 5.59. The molecule has 1 saturated heterocycles. The maximum atomic E-state index is 5.59. The molecule has 1 unspecified atom stereocenters. The van der Waals surface area contributed by atoms with Crippen LogP contribution in [-0.2, 0) is 6.54 Å². The van der Waals surface area contributed by atoms with Gasteiger partial charge in [0, 0.05) is 19.1 Å². The predicted octanol–water partition coefficient (Wildman–Crippen LogP) is 1.25. The first kappa shape index (κ1) is 11.8. The first-order valence-electron chi connectivity index (χ1n) is 6.62. The molecule has 2 heterocycles. The van der Waals surface area contributed by atoms with Gasteiger partial charge in [0.25, 0.3) is 0 Å². The van der Waals surface area contributed by atoms with Gasteiger partial charge >= 0.3 is 0 Å². The Kier molecular flexibility index (Phi) is 3.39. The molecular weight excluding hydrogens is 228 g/mol. The highest BCUT2D eigenvalue weighted by atomic mass is 16.6. The van der Waals surface area contributed by atoms with Crippen molar-refractivity contribution in [3.05, 3.63) is 23.8 Å². The summed E-state index contributed by atoms with van der Waals surface area (Å²) in [4.78, 5) is 2.36. The Hall–Kier alpha value is -1.26. The Labute approximate surface area is 108 Å². The summed E-state index contributed by atoms with van der Waals surface area (Å²) in [6.45, 7) is 4.54. The Bertz CT molecular complexity index is 422. The SMILES string of the molecule is CN1CCC(NCc2ccc3c(c2)OCCO3)C1. The van der Waals surface area contributed by atoms with Crippen molar-refractivity contribution < 1.29 is 9.47 Å². The molecule has 1 N–H and O–H groups in total. The third-order valence-electron chi connectivity index (χ3n) is 3.59. The van der Waals surface area contributed by atoms with Crippen LogP contribution in [0.5, 0.6) is 11.5 Å². The molecule has 1 aromatic carbocycles. The molecule has 4 nitrogen and oxygen atoms in total. The summed E-state index contributed by atoms with van der Waals surface area (Å²) >= 11 is 0. The van der Waals surface area contributed by atoms with E-state index in [9.17, 15) is 0 Å². The molecule has 98 valence electrons. The Morgan fingerprint density at radius 1 is 1.28 bits per heavy atom. The highest BCUT2D eigenvalue weighted by Gasteiger charge is 2.19. The number of likely N-dealkylation sites (tertiary alicyclic amines) is 1. The normalized spacial score (nSPS) is 23.3. The van der Waals surface area contributed by atoms with Gasteiger partial charge in [-0.05, 0) is 37.7 Å². The van der Waals surface area contributed by atoms with Crippen LogP contribution in [0.1, 0.15) is 12.0 Å². The van der Waals surface area contributed by atoms with Gasteiger partial charge in [0.15, 0.2) is 11.5 Å². The van der Waals surface area contributed by atoms with E-state index < -0.39 is 0 Å². The number of nitrogens with one attached hydrogen (secondary N) is 1. The molecule has 1 fully saturated rings. The van der Waals surface area contributed by atoms with E-state index in [1.807, 2.05) is 6.07 Å². The average Bonchev–Trinajstić information content (AvgIpc) is 2.82. The van der Waals surface area contributed by atoms with Gasteiger partial charge in [0.2, 0.25) is 0 Å². The van der Waals surface area contributed by atoms with E-state index in [2.05, 4.69) is 29.4 Å². The highest BCUT2D eigenvalue weighted by Crippen LogP contribution is 2.30. The fourth-order valence-electron chi connectivity index (χ4n) is 2.56. The van der Waals surface area contributed by atoms with Gasteiger partial charge in [-0.15, -0.1) is 0 Å². The van der Waals surface area contributed by atoms with Gasteiger partial charge in [-0.25, -0.2) is 0 Å². The Morgan fingerprint density at radius 2 is 2.11 bits per heavy atom. The summed E-state index contributed by atoms with van der Waals surface area (Å²) in [5.74, 6) is 1.75. The van der Waals surface area contributed by atoms with Crippen LogP contribution in [-0.4, -0.2) is 44.3 Å². The minimum absolute atomic E-state index is 0.614. The first-order valence-corrected chi connectivity index (χ1v) is 6.62. The average molecular weight is 248 g/mol. The standard InChI is InChI=1S/C14H20N2O2/c1-16-5-4-12(10-16)15-9-11-2-3-13-14(8-11)18-7-6-17-13/h2-3,8,12,15H,4-7,9-10H2,1H3. The van der Waals surface area contributed by atoms with Crippen LogP contribution >= 0.6 is 0 Å². The zero-order chi connectivity index (χ0) is 12.4. The summed E-state index contributed by atoms with van der Waals surface area (Å²) in [7, 11) is 2.17. The Balaban J connectivity index is 1.59. The third-order valence-corrected chi connectivity index (χ3v) is 3.59. The number of hydrogen-bond donors (Lipinski definition) is 1. The lowest BCUT2D eigenvalue weighted by atomic mass is 10.1. The van der Waals surface area contributed by atoms with Crippen LogP contribution in [0.4, 0.5) is 0 Å². The second kappa shape index (κ2) is 5.16. The van der Waals surface area contributed by atoms with Crippen LogP contribution in [0.15, 0.2) is 18.2 Å². The van der Waals surface area contributed by atoms with Gasteiger partial charge in [-0.1, -0.05) is 6.07 Å².